The fourth-order valence-electron chi connectivity index (χ4n) is 2.38. The van der Waals surface area contributed by atoms with Crippen LogP contribution >= 0.6 is 0 Å². The summed E-state index contributed by atoms with van der Waals surface area (Å²) in [6.45, 7) is -0.324. The first kappa shape index (κ1) is 20.1. The van der Waals surface area contributed by atoms with Crippen LogP contribution in [0, 0.1) is 0 Å². The summed E-state index contributed by atoms with van der Waals surface area (Å²) in [5.74, 6) is -0.493. The quantitative estimate of drug-likeness (QED) is 0.603. The van der Waals surface area contributed by atoms with Crippen molar-refractivity contribution in [1.29, 1.82) is 0 Å². The molecule has 0 aliphatic heterocycles. The van der Waals surface area contributed by atoms with Crippen LogP contribution in [0.2, 0.25) is 0 Å². The van der Waals surface area contributed by atoms with Crippen molar-refractivity contribution < 1.29 is 28.9 Å². The first-order valence-corrected chi connectivity index (χ1v) is 8.14. The molecule has 1 atom stereocenters. The molecule has 2 aromatic carbocycles. The van der Waals surface area contributed by atoms with E-state index in [1.807, 2.05) is 6.07 Å². The molecule has 2 amide bonds. The summed E-state index contributed by atoms with van der Waals surface area (Å²) in [7, 11) is 2.79. The zero-order valence-corrected chi connectivity index (χ0v) is 15.1. The van der Waals surface area contributed by atoms with E-state index in [0.29, 0.717) is 5.56 Å². The molecule has 0 fully saturated rings. The Balaban J connectivity index is 2.14. The minimum Gasteiger partial charge on any atom is -0.493 e. The molecule has 0 aromatic heterocycles. The van der Waals surface area contributed by atoms with Crippen molar-refractivity contribution in [2.45, 2.75) is 6.10 Å². The maximum Gasteiger partial charge on any atom is 0.255 e. The van der Waals surface area contributed by atoms with E-state index in [-0.39, 0.29) is 36.0 Å². The van der Waals surface area contributed by atoms with Crippen molar-refractivity contribution >= 4 is 11.8 Å². The number of nitrogens with one attached hydrogen (secondary N) is 1. The van der Waals surface area contributed by atoms with Crippen molar-refractivity contribution in [3.05, 3.63) is 53.6 Å². The van der Waals surface area contributed by atoms with E-state index in [4.69, 9.17) is 19.9 Å². The molecule has 1 unspecified atom stereocenters. The SMILES string of the molecule is COc1cc(C(=O)NCC(O)c2ccccc2)cc(OC)c1OCC(N)=O. The van der Waals surface area contributed by atoms with Gasteiger partial charge in [-0.15, -0.1) is 0 Å². The number of carbonyl (C=O) groups excluding carboxylic acids is 2. The third-order valence-corrected chi connectivity index (χ3v) is 3.72. The normalized spacial score (nSPS) is 11.4. The molecule has 0 heterocycles. The molecule has 8 heteroatoms. The number of amides is 2. The summed E-state index contributed by atoms with van der Waals surface area (Å²) < 4.78 is 15.7. The maximum absolute atomic E-state index is 12.4. The zero-order chi connectivity index (χ0) is 19.8. The fraction of sp³-hybridized carbons (Fsp3) is 0.263. The van der Waals surface area contributed by atoms with E-state index in [0.717, 1.165) is 0 Å². The van der Waals surface area contributed by atoms with Crippen LogP contribution in [0.5, 0.6) is 17.2 Å². The molecule has 0 bridgehead atoms. The van der Waals surface area contributed by atoms with Crippen LogP contribution in [0.1, 0.15) is 22.0 Å². The highest BCUT2D eigenvalue weighted by molar-refractivity contribution is 5.95. The number of hydrogen-bond donors (Lipinski definition) is 3. The van der Waals surface area contributed by atoms with Gasteiger partial charge in [-0.05, 0) is 17.7 Å². The Kier molecular flexibility index (Phi) is 7.01. The predicted molar refractivity (Wildman–Crippen MR) is 98.0 cm³/mol. The van der Waals surface area contributed by atoms with E-state index >= 15 is 0 Å². The van der Waals surface area contributed by atoms with Crippen LogP contribution < -0.4 is 25.3 Å². The summed E-state index contributed by atoms with van der Waals surface area (Å²) in [5, 5.41) is 12.8. The largest absolute Gasteiger partial charge is 0.493 e. The zero-order valence-electron chi connectivity index (χ0n) is 15.1. The van der Waals surface area contributed by atoms with Gasteiger partial charge in [0.25, 0.3) is 11.8 Å². The number of carbonyl (C=O) groups is 2. The Morgan fingerprint density at radius 2 is 1.70 bits per heavy atom. The molecule has 0 aliphatic rings. The van der Waals surface area contributed by atoms with Crippen molar-refractivity contribution in [3.63, 3.8) is 0 Å². The first-order valence-electron chi connectivity index (χ1n) is 8.14. The minimum atomic E-state index is -0.836. The van der Waals surface area contributed by atoms with Gasteiger partial charge in [0.05, 0.1) is 20.3 Å². The average molecular weight is 374 g/mol. The number of rotatable bonds is 9. The fourth-order valence-corrected chi connectivity index (χ4v) is 2.38. The summed E-state index contributed by atoms with van der Waals surface area (Å²) in [5.41, 5.74) is 6.03. The van der Waals surface area contributed by atoms with E-state index < -0.39 is 17.9 Å². The Bertz CT molecular complexity index is 769. The molecular formula is C19H22N2O6. The van der Waals surface area contributed by atoms with Gasteiger partial charge in [0.1, 0.15) is 0 Å². The summed E-state index contributed by atoms with van der Waals surface area (Å²) >= 11 is 0. The van der Waals surface area contributed by atoms with Crippen LogP contribution in [-0.2, 0) is 4.79 Å². The highest BCUT2D eigenvalue weighted by atomic mass is 16.5. The van der Waals surface area contributed by atoms with Gasteiger partial charge in [0.2, 0.25) is 5.75 Å². The topological polar surface area (TPSA) is 120 Å². The predicted octanol–water partition coefficient (Wildman–Crippen LogP) is 1.03. The molecule has 0 radical (unpaired) electrons. The standard InChI is InChI=1S/C19H22N2O6/c1-25-15-8-13(9-16(26-2)18(15)27-11-17(20)23)19(24)21-10-14(22)12-6-4-3-5-7-12/h3-9,14,22H,10-11H2,1-2H3,(H2,20,23)(H,21,24). The highest BCUT2D eigenvalue weighted by Crippen LogP contribution is 2.38. The minimum absolute atomic E-state index is 0.0351. The summed E-state index contributed by atoms with van der Waals surface area (Å²) in [4.78, 5) is 23.4. The van der Waals surface area contributed by atoms with Gasteiger partial charge < -0.3 is 30.4 Å². The number of primary amides is 1. The Labute approximate surface area is 156 Å². The molecule has 4 N–H and O–H groups in total. The van der Waals surface area contributed by atoms with Gasteiger partial charge in [-0.2, -0.15) is 0 Å². The van der Waals surface area contributed by atoms with Crippen LogP contribution in [0.15, 0.2) is 42.5 Å². The number of methoxy groups -OCH3 is 2. The van der Waals surface area contributed by atoms with Gasteiger partial charge >= 0.3 is 0 Å². The molecule has 0 saturated carbocycles. The van der Waals surface area contributed by atoms with Gasteiger partial charge in [-0.1, -0.05) is 30.3 Å². The van der Waals surface area contributed by atoms with Gasteiger partial charge in [-0.3, -0.25) is 9.59 Å². The highest BCUT2D eigenvalue weighted by Gasteiger charge is 2.19. The Morgan fingerprint density at radius 3 is 2.22 bits per heavy atom. The van der Waals surface area contributed by atoms with Crippen molar-refractivity contribution in [2.75, 3.05) is 27.4 Å². The monoisotopic (exact) mass is 374 g/mol. The van der Waals surface area contributed by atoms with Crippen molar-refractivity contribution in [1.82, 2.24) is 5.32 Å². The van der Waals surface area contributed by atoms with Gasteiger partial charge in [0.15, 0.2) is 18.1 Å². The smallest absolute Gasteiger partial charge is 0.255 e. The van der Waals surface area contributed by atoms with Gasteiger partial charge in [0, 0.05) is 12.1 Å². The third-order valence-electron chi connectivity index (χ3n) is 3.72. The molecule has 2 rings (SSSR count). The van der Waals surface area contributed by atoms with Crippen LogP contribution in [0.3, 0.4) is 0 Å². The molecule has 2 aromatic rings. The molecule has 144 valence electrons. The molecule has 0 aliphatic carbocycles. The molecule has 0 saturated heterocycles. The van der Waals surface area contributed by atoms with Crippen molar-refractivity contribution in [2.24, 2.45) is 5.73 Å². The van der Waals surface area contributed by atoms with Crippen molar-refractivity contribution in [3.8, 4) is 17.2 Å². The molecule has 0 spiro atoms. The van der Waals surface area contributed by atoms with E-state index in [2.05, 4.69) is 5.32 Å². The van der Waals surface area contributed by atoms with Gasteiger partial charge in [-0.25, -0.2) is 0 Å². The lowest BCUT2D eigenvalue weighted by Crippen LogP contribution is -2.28. The first-order chi connectivity index (χ1) is 13.0. The lowest BCUT2D eigenvalue weighted by atomic mass is 10.1. The number of hydrogen-bond acceptors (Lipinski definition) is 6. The number of aliphatic hydroxyl groups is 1. The van der Waals surface area contributed by atoms with Crippen LogP contribution in [0.4, 0.5) is 0 Å². The second-order valence-corrected chi connectivity index (χ2v) is 5.60. The maximum atomic E-state index is 12.4. The number of nitrogens with two attached hydrogens (primary N) is 1. The summed E-state index contributed by atoms with van der Waals surface area (Å²) in [6.07, 6.45) is -0.836. The van der Waals surface area contributed by atoms with E-state index in [1.165, 1.54) is 26.4 Å². The molecule has 8 nitrogen and oxygen atoms in total. The van der Waals surface area contributed by atoms with E-state index in [9.17, 15) is 14.7 Å². The second-order valence-electron chi connectivity index (χ2n) is 5.60. The second kappa shape index (κ2) is 9.44. The lowest BCUT2D eigenvalue weighted by molar-refractivity contribution is -0.120. The average Bonchev–Trinajstić information content (AvgIpc) is 2.69. The summed E-state index contributed by atoms with van der Waals surface area (Å²) in [6, 6.07) is 11.9. The number of ether oxygens (including phenoxy) is 3. The number of benzene rings is 2. The van der Waals surface area contributed by atoms with Crippen LogP contribution in [0.25, 0.3) is 0 Å². The lowest BCUT2D eigenvalue weighted by Gasteiger charge is -2.16. The molecular weight excluding hydrogens is 352 g/mol. The Hall–Kier alpha value is -3.26. The third kappa shape index (κ3) is 5.35. The number of aliphatic hydroxyl groups excluding tert-OH is 1. The van der Waals surface area contributed by atoms with E-state index in [1.54, 1.807) is 24.3 Å². The Morgan fingerprint density at radius 1 is 1.11 bits per heavy atom. The molecule has 27 heavy (non-hydrogen) atoms. The van der Waals surface area contributed by atoms with Crippen LogP contribution in [-0.4, -0.2) is 44.3 Å².